The normalized spacial score (nSPS) is 11.2. The Bertz CT molecular complexity index is 1630. The van der Waals surface area contributed by atoms with Gasteiger partial charge in [0, 0.05) is 30.8 Å². The second-order valence-corrected chi connectivity index (χ2v) is 8.19. The van der Waals surface area contributed by atoms with Gasteiger partial charge in [-0.1, -0.05) is 36.4 Å². The highest BCUT2D eigenvalue weighted by molar-refractivity contribution is 5.94. The summed E-state index contributed by atoms with van der Waals surface area (Å²) in [5.74, 6) is -0.260. The van der Waals surface area contributed by atoms with Crippen LogP contribution in [0.5, 0.6) is 0 Å². The Morgan fingerprint density at radius 3 is 2.71 bits per heavy atom. The summed E-state index contributed by atoms with van der Waals surface area (Å²) in [6, 6.07) is 17.5. The minimum atomic E-state index is -0.621. The van der Waals surface area contributed by atoms with Crippen molar-refractivity contribution in [2.75, 3.05) is 5.32 Å². The van der Waals surface area contributed by atoms with E-state index in [1.54, 1.807) is 0 Å². The Morgan fingerprint density at radius 2 is 1.94 bits per heavy atom. The Balaban J connectivity index is 1.35. The summed E-state index contributed by atoms with van der Waals surface area (Å²) in [6.45, 7) is 2.20. The largest absolute Gasteiger partial charge is 0.419 e. The average molecular weight is 471 g/mol. The van der Waals surface area contributed by atoms with E-state index < -0.39 is 10.7 Å². The summed E-state index contributed by atoms with van der Waals surface area (Å²) in [4.78, 5) is 40.2. The zero-order chi connectivity index (χ0) is 24.5. The van der Waals surface area contributed by atoms with E-state index >= 15 is 0 Å². The van der Waals surface area contributed by atoms with Crippen molar-refractivity contribution in [1.82, 2.24) is 14.0 Å². The topological polar surface area (TPSA) is 125 Å². The van der Waals surface area contributed by atoms with Crippen LogP contribution in [0.4, 0.5) is 11.5 Å². The number of non-ortho nitro benzene ring substituents is 1. The number of nitro groups is 1. The molecule has 0 unspecified atom stereocenters. The molecule has 10 heteroatoms. The monoisotopic (exact) mass is 471 g/mol. The summed E-state index contributed by atoms with van der Waals surface area (Å²) in [5.41, 5.74) is 3.73. The van der Waals surface area contributed by atoms with Gasteiger partial charge in [0.05, 0.1) is 16.5 Å². The number of hydrogen-bond acceptors (Lipinski definition) is 6. The first kappa shape index (κ1) is 22.1. The summed E-state index contributed by atoms with van der Waals surface area (Å²) in [6.07, 6.45) is 2.44. The molecule has 0 aliphatic carbocycles. The van der Waals surface area contributed by atoms with Crippen LogP contribution in [0.2, 0.25) is 0 Å². The molecule has 10 nitrogen and oxygen atoms in total. The SMILES string of the molecule is Cc1ccc2nc(-c3ccccc3)c(NC(=O)CCCn3c(=O)oc4cc([N+](=O)[O-])ccc43)n2c1. The van der Waals surface area contributed by atoms with Crippen LogP contribution < -0.4 is 11.1 Å². The third-order valence-corrected chi connectivity index (χ3v) is 5.72. The molecule has 35 heavy (non-hydrogen) atoms. The number of hydrogen-bond donors (Lipinski definition) is 1. The van der Waals surface area contributed by atoms with E-state index in [0.29, 0.717) is 23.4 Å². The van der Waals surface area contributed by atoms with E-state index in [1.807, 2.05) is 60.0 Å². The van der Waals surface area contributed by atoms with Gasteiger partial charge < -0.3 is 9.73 Å². The summed E-state index contributed by atoms with van der Waals surface area (Å²) in [5, 5.41) is 13.9. The van der Waals surface area contributed by atoms with Crippen molar-refractivity contribution in [3.05, 3.63) is 93.1 Å². The summed E-state index contributed by atoms with van der Waals surface area (Å²) < 4.78 is 8.38. The van der Waals surface area contributed by atoms with Crippen LogP contribution in [0.3, 0.4) is 0 Å². The molecular formula is C25H21N5O5. The lowest BCUT2D eigenvalue weighted by Gasteiger charge is -2.09. The number of imidazole rings is 1. The lowest BCUT2D eigenvalue weighted by molar-refractivity contribution is -0.384. The number of nitro benzene ring substituents is 1. The molecule has 0 saturated heterocycles. The van der Waals surface area contributed by atoms with E-state index in [4.69, 9.17) is 9.40 Å². The highest BCUT2D eigenvalue weighted by Gasteiger charge is 2.18. The Kier molecular flexibility index (Phi) is 5.61. The molecule has 0 aliphatic heterocycles. The predicted molar refractivity (Wildman–Crippen MR) is 130 cm³/mol. The third kappa shape index (κ3) is 4.29. The fourth-order valence-electron chi connectivity index (χ4n) is 4.04. The van der Waals surface area contributed by atoms with Crippen molar-refractivity contribution >= 4 is 34.2 Å². The fourth-order valence-corrected chi connectivity index (χ4v) is 4.04. The molecule has 0 spiro atoms. The molecule has 0 aliphatic rings. The predicted octanol–water partition coefficient (Wildman–Crippen LogP) is 4.54. The second kappa shape index (κ2) is 8.90. The number of benzene rings is 2. The highest BCUT2D eigenvalue weighted by atomic mass is 16.6. The maximum absolute atomic E-state index is 12.9. The molecule has 1 N–H and O–H groups in total. The zero-order valence-electron chi connectivity index (χ0n) is 18.8. The Morgan fingerprint density at radius 1 is 1.14 bits per heavy atom. The minimum Gasteiger partial charge on any atom is -0.407 e. The molecule has 0 bridgehead atoms. The zero-order valence-corrected chi connectivity index (χ0v) is 18.8. The van der Waals surface area contributed by atoms with E-state index in [1.165, 1.54) is 22.8 Å². The van der Waals surface area contributed by atoms with Gasteiger partial charge in [-0.05, 0) is 31.0 Å². The Hall–Kier alpha value is -4.73. The molecule has 176 valence electrons. The maximum atomic E-state index is 12.9. The number of oxazole rings is 1. The van der Waals surface area contributed by atoms with Crippen molar-refractivity contribution in [2.24, 2.45) is 0 Å². The highest BCUT2D eigenvalue weighted by Crippen LogP contribution is 2.29. The molecule has 5 aromatic rings. The molecule has 2 aromatic carbocycles. The summed E-state index contributed by atoms with van der Waals surface area (Å²) in [7, 11) is 0. The molecule has 3 aromatic heterocycles. The number of aryl methyl sites for hydroxylation is 2. The number of anilines is 1. The van der Waals surface area contributed by atoms with Crippen LogP contribution in [0.25, 0.3) is 28.0 Å². The second-order valence-electron chi connectivity index (χ2n) is 8.19. The molecule has 1 amide bonds. The fraction of sp³-hybridized carbons (Fsp3) is 0.160. The van der Waals surface area contributed by atoms with Gasteiger partial charge in [0.2, 0.25) is 5.91 Å². The van der Waals surface area contributed by atoms with Gasteiger partial charge in [0.1, 0.15) is 17.2 Å². The standard InChI is InChI=1S/C25H21N5O5/c1-16-9-12-21-26-23(17-6-3-2-4-7-17)24(29(21)15-16)27-22(31)8-5-13-28-19-11-10-18(30(33)34)14-20(19)35-25(28)32/h2-4,6-7,9-12,14-15H,5,8,13H2,1H3,(H,27,31). The lowest BCUT2D eigenvalue weighted by Crippen LogP contribution is -2.17. The average Bonchev–Trinajstić information content (AvgIpc) is 3.35. The van der Waals surface area contributed by atoms with Crippen LogP contribution in [-0.2, 0) is 11.3 Å². The number of aromatic nitrogens is 3. The van der Waals surface area contributed by atoms with Crippen LogP contribution >= 0.6 is 0 Å². The van der Waals surface area contributed by atoms with Crippen LogP contribution in [0.1, 0.15) is 18.4 Å². The maximum Gasteiger partial charge on any atom is 0.419 e. The number of carbonyl (C=O) groups excluding carboxylic acids is 1. The number of amides is 1. The van der Waals surface area contributed by atoms with Crippen LogP contribution in [0, 0.1) is 17.0 Å². The van der Waals surface area contributed by atoms with E-state index in [0.717, 1.165) is 16.8 Å². The number of fused-ring (bicyclic) bond motifs is 2. The number of rotatable bonds is 7. The van der Waals surface area contributed by atoms with Gasteiger partial charge in [-0.2, -0.15) is 0 Å². The molecule has 0 saturated carbocycles. The number of carbonyl (C=O) groups is 1. The molecule has 3 heterocycles. The Labute approximate surface area is 198 Å². The summed E-state index contributed by atoms with van der Waals surface area (Å²) >= 11 is 0. The van der Waals surface area contributed by atoms with Crippen LogP contribution in [-0.4, -0.2) is 24.8 Å². The number of nitrogens with zero attached hydrogens (tertiary/aromatic N) is 4. The van der Waals surface area contributed by atoms with Crippen molar-refractivity contribution in [2.45, 2.75) is 26.3 Å². The van der Waals surface area contributed by atoms with E-state index in [2.05, 4.69) is 5.32 Å². The van der Waals surface area contributed by atoms with Gasteiger partial charge >= 0.3 is 5.76 Å². The lowest BCUT2D eigenvalue weighted by atomic mass is 10.1. The third-order valence-electron chi connectivity index (χ3n) is 5.72. The molecule has 0 fully saturated rings. The first-order chi connectivity index (χ1) is 16.9. The van der Waals surface area contributed by atoms with Gasteiger partial charge in [0.15, 0.2) is 5.58 Å². The van der Waals surface area contributed by atoms with Gasteiger partial charge in [-0.15, -0.1) is 0 Å². The first-order valence-corrected chi connectivity index (χ1v) is 11.0. The van der Waals surface area contributed by atoms with Crippen molar-refractivity contribution in [3.63, 3.8) is 0 Å². The quantitative estimate of drug-likeness (QED) is 0.274. The van der Waals surface area contributed by atoms with Crippen molar-refractivity contribution in [1.29, 1.82) is 0 Å². The number of nitrogens with one attached hydrogen (secondary N) is 1. The molecular weight excluding hydrogens is 450 g/mol. The van der Waals surface area contributed by atoms with Gasteiger partial charge in [0.25, 0.3) is 5.69 Å². The van der Waals surface area contributed by atoms with Gasteiger partial charge in [-0.3, -0.25) is 23.9 Å². The minimum absolute atomic E-state index is 0.141. The van der Waals surface area contributed by atoms with Crippen molar-refractivity contribution in [3.8, 4) is 11.3 Å². The molecule has 0 atom stereocenters. The van der Waals surface area contributed by atoms with E-state index in [-0.39, 0.29) is 30.1 Å². The number of pyridine rings is 1. The smallest absolute Gasteiger partial charge is 0.407 e. The first-order valence-electron chi connectivity index (χ1n) is 11.0. The van der Waals surface area contributed by atoms with Gasteiger partial charge in [-0.25, -0.2) is 9.78 Å². The van der Waals surface area contributed by atoms with E-state index in [9.17, 15) is 19.7 Å². The van der Waals surface area contributed by atoms with Crippen LogP contribution in [0.15, 0.2) is 76.1 Å². The molecule has 5 rings (SSSR count). The molecule has 0 radical (unpaired) electrons. The van der Waals surface area contributed by atoms with Crippen molar-refractivity contribution < 1.29 is 14.1 Å².